The Morgan fingerprint density at radius 2 is 0.882 bits per heavy atom. The first-order valence-electron chi connectivity index (χ1n) is 30.2. The third-order valence-electron chi connectivity index (χ3n) is 8.51. The van der Waals surface area contributed by atoms with Gasteiger partial charge >= 0.3 is 0 Å². The third kappa shape index (κ3) is 4.28. The molecular weight excluding hydrogens is 617 g/mol. The van der Waals surface area contributed by atoms with Crippen LogP contribution in [0.1, 0.15) is 41.1 Å². The van der Waals surface area contributed by atoms with Gasteiger partial charge in [0, 0.05) is 10.8 Å². The average molecular weight is 677 g/mol. The molecule has 1 aromatic heterocycles. The van der Waals surface area contributed by atoms with Crippen molar-refractivity contribution in [3.63, 3.8) is 0 Å². The standard InChI is InChI=1S/C50H30O/c1-2-13-34-30-47-45(29-33(34)12-1)50-44(21-10-22-46(50)51-47)49-42-19-7-5-17-40(42)48(41-18-6-8-20-43(41)49)37-15-9-14-32(28-37)35-25-26-39-36(27-35)24-23-31-11-3-4-16-38(31)39/h1-30H/i1D,2D,3D,4D,5D,6D,7D,8D,9D,10D,11D,12D,13D,14D,15D,16D,17D,18D,19D,20D,21D,22D,23D,24D,25D,26D,27D,28D,29D,30D. The molecule has 0 fully saturated rings. The maximum atomic E-state index is 9.95. The topological polar surface area (TPSA) is 13.1 Å². The summed E-state index contributed by atoms with van der Waals surface area (Å²) in [5, 5.41) is -7.58. The van der Waals surface area contributed by atoms with Crippen molar-refractivity contribution < 1.29 is 45.5 Å². The summed E-state index contributed by atoms with van der Waals surface area (Å²) >= 11 is 0. The Morgan fingerprint density at radius 3 is 1.65 bits per heavy atom. The van der Waals surface area contributed by atoms with E-state index in [1.165, 1.54) is 0 Å². The Hall–Kier alpha value is -6.70. The molecule has 1 nitrogen and oxygen atoms in total. The summed E-state index contributed by atoms with van der Waals surface area (Å²) < 4.78 is 279. The zero-order valence-electron chi connectivity index (χ0n) is 55.4. The zero-order valence-corrected chi connectivity index (χ0v) is 25.4. The first kappa shape index (κ1) is 11.7. The summed E-state index contributed by atoms with van der Waals surface area (Å²) in [4.78, 5) is 0. The van der Waals surface area contributed by atoms with E-state index in [0.29, 0.717) is 0 Å². The van der Waals surface area contributed by atoms with Crippen LogP contribution in [0.15, 0.2) is 186 Å². The van der Waals surface area contributed by atoms with Crippen LogP contribution in [0.3, 0.4) is 0 Å². The van der Waals surface area contributed by atoms with Crippen LogP contribution in [0.5, 0.6) is 0 Å². The molecule has 0 aliphatic carbocycles. The van der Waals surface area contributed by atoms with Crippen LogP contribution < -0.4 is 0 Å². The van der Waals surface area contributed by atoms with E-state index >= 15 is 0 Å². The van der Waals surface area contributed by atoms with Crippen molar-refractivity contribution in [2.24, 2.45) is 0 Å². The molecule has 236 valence electrons. The lowest BCUT2D eigenvalue weighted by Crippen LogP contribution is -1.91. The van der Waals surface area contributed by atoms with E-state index in [0.717, 1.165) is 0 Å². The fourth-order valence-electron chi connectivity index (χ4n) is 6.35. The molecule has 0 amide bonds. The molecule has 0 unspecified atom stereocenters. The summed E-state index contributed by atoms with van der Waals surface area (Å²) in [6.45, 7) is 0. The quantitative estimate of drug-likeness (QED) is 0.134. The Morgan fingerprint density at radius 1 is 0.314 bits per heavy atom. The van der Waals surface area contributed by atoms with Gasteiger partial charge in [-0.1, -0.05) is 151 Å². The minimum absolute atomic E-state index is 0.501. The second-order valence-corrected chi connectivity index (χ2v) is 11.3. The van der Waals surface area contributed by atoms with E-state index in [9.17, 15) is 19.2 Å². The van der Waals surface area contributed by atoms with Crippen molar-refractivity contribution in [2.45, 2.75) is 0 Å². The highest BCUT2D eigenvalue weighted by atomic mass is 16.3. The summed E-state index contributed by atoms with van der Waals surface area (Å²) in [5.41, 5.74) is -6.30. The van der Waals surface area contributed by atoms with E-state index in [2.05, 4.69) is 0 Å². The van der Waals surface area contributed by atoms with Crippen LogP contribution in [0.25, 0.3) is 109 Å². The Bertz CT molecular complexity index is 4850. The second kappa shape index (κ2) is 10.9. The molecule has 1 heterocycles. The highest BCUT2D eigenvalue weighted by molar-refractivity contribution is 6.26. The molecule has 0 bridgehead atoms. The lowest BCUT2D eigenvalue weighted by atomic mass is 9.84. The summed E-state index contributed by atoms with van der Waals surface area (Å²) in [5.74, 6) is 0. The molecule has 51 heavy (non-hydrogen) atoms. The van der Waals surface area contributed by atoms with Crippen molar-refractivity contribution in [1.82, 2.24) is 0 Å². The van der Waals surface area contributed by atoms with Crippen LogP contribution in [-0.2, 0) is 0 Å². The number of rotatable bonds is 3. The largest absolute Gasteiger partial charge is 0.456 e. The fourth-order valence-corrected chi connectivity index (χ4v) is 6.35. The van der Waals surface area contributed by atoms with E-state index < -0.39 is 290 Å². The van der Waals surface area contributed by atoms with Crippen molar-refractivity contribution in [1.29, 1.82) is 0 Å². The van der Waals surface area contributed by atoms with E-state index in [4.69, 9.17) is 26.3 Å². The Kier molecular flexibility index (Phi) is 2.50. The van der Waals surface area contributed by atoms with Gasteiger partial charge in [0.1, 0.15) is 11.2 Å². The van der Waals surface area contributed by atoms with E-state index in [1.54, 1.807) is 0 Å². The van der Waals surface area contributed by atoms with Crippen LogP contribution in [-0.4, -0.2) is 0 Å². The van der Waals surface area contributed by atoms with Gasteiger partial charge in [-0.15, -0.1) is 0 Å². The molecule has 10 aromatic carbocycles. The van der Waals surface area contributed by atoms with Gasteiger partial charge in [0.15, 0.2) is 0 Å². The molecule has 0 aliphatic rings. The maximum absolute atomic E-state index is 9.95. The average Bonchev–Trinajstić information content (AvgIpc) is 4.08. The van der Waals surface area contributed by atoms with Crippen molar-refractivity contribution in [2.75, 3.05) is 0 Å². The van der Waals surface area contributed by atoms with Gasteiger partial charge < -0.3 is 4.42 Å². The number of furan rings is 1. The number of hydrogen-bond donors (Lipinski definition) is 0. The minimum Gasteiger partial charge on any atom is -0.456 e. The van der Waals surface area contributed by atoms with E-state index in [-0.39, 0.29) is 0 Å². The summed E-state index contributed by atoms with van der Waals surface area (Å²) in [7, 11) is 0. The lowest BCUT2D eigenvalue weighted by Gasteiger charge is -2.18. The van der Waals surface area contributed by atoms with Gasteiger partial charge in [-0.05, 0) is 117 Å². The summed E-state index contributed by atoms with van der Waals surface area (Å²) in [6, 6.07) is -28.2. The molecule has 11 rings (SSSR count). The molecular formula is C50H30O. The normalized spacial score (nSPS) is 20.2. The van der Waals surface area contributed by atoms with Gasteiger partial charge in [-0.25, -0.2) is 0 Å². The van der Waals surface area contributed by atoms with Crippen LogP contribution in [0.2, 0.25) is 0 Å². The Balaban J connectivity index is 1.41. The van der Waals surface area contributed by atoms with Crippen molar-refractivity contribution in [3.05, 3.63) is 181 Å². The number of hydrogen-bond acceptors (Lipinski definition) is 1. The van der Waals surface area contributed by atoms with Gasteiger partial charge in [0.05, 0.1) is 41.1 Å². The molecule has 0 saturated carbocycles. The van der Waals surface area contributed by atoms with Crippen molar-refractivity contribution >= 4 is 75.8 Å². The smallest absolute Gasteiger partial charge is 0.136 e. The predicted molar refractivity (Wildman–Crippen MR) is 218 cm³/mol. The molecule has 0 N–H and O–H groups in total. The SMILES string of the molecule is [2H]c1c([2H])c(-c2c([2H])c([2H])c3c(c2[2H])c([2H])c([2H])c2c([2H])c([2H])c([2H])c([2H])c23)c([2H])c(-c2c3c([2H])c([2H])c([2H])c([2H])c3c(-c3c([2H])c([2H])c([2H])c4oc5c([2H])c6c([2H])c([2H])c([2H])c([2H])c6c([2H])c5c34)c3c([2H])c([2H])c([2H])c([2H])c23)c1[2H]. The zero-order chi connectivity index (χ0) is 59.6. The summed E-state index contributed by atoms with van der Waals surface area (Å²) in [6.07, 6.45) is 0. The Labute approximate surface area is 336 Å². The highest BCUT2D eigenvalue weighted by Gasteiger charge is 2.20. The first-order chi connectivity index (χ1) is 37.8. The number of benzene rings is 10. The van der Waals surface area contributed by atoms with Crippen LogP contribution in [0, 0.1) is 0 Å². The molecule has 0 atom stereocenters. The van der Waals surface area contributed by atoms with Gasteiger partial charge in [0.2, 0.25) is 0 Å². The van der Waals surface area contributed by atoms with Gasteiger partial charge in [-0.2, -0.15) is 0 Å². The molecule has 11 aromatic rings. The molecule has 0 radical (unpaired) electrons. The maximum Gasteiger partial charge on any atom is 0.136 e. The first-order valence-corrected chi connectivity index (χ1v) is 15.2. The third-order valence-corrected chi connectivity index (χ3v) is 8.51. The minimum atomic E-state index is -1.13. The van der Waals surface area contributed by atoms with Crippen molar-refractivity contribution in [3.8, 4) is 33.4 Å². The van der Waals surface area contributed by atoms with Crippen LogP contribution in [0.4, 0.5) is 0 Å². The lowest BCUT2D eigenvalue weighted by molar-refractivity contribution is 0.669. The van der Waals surface area contributed by atoms with Gasteiger partial charge in [0.25, 0.3) is 0 Å². The van der Waals surface area contributed by atoms with E-state index in [1.807, 2.05) is 0 Å². The highest BCUT2D eigenvalue weighted by Crippen LogP contribution is 2.47. The second-order valence-electron chi connectivity index (χ2n) is 11.3. The number of fused-ring (bicyclic) bond motifs is 9. The van der Waals surface area contributed by atoms with Crippen LogP contribution >= 0.6 is 0 Å². The fraction of sp³-hybridized carbons (Fsp3) is 0. The predicted octanol–water partition coefficient (Wildman–Crippen LogP) is 14.4. The molecule has 1 heteroatoms. The molecule has 0 saturated heterocycles. The van der Waals surface area contributed by atoms with Gasteiger partial charge in [-0.3, -0.25) is 0 Å². The monoisotopic (exact) mass is 676 g/mol. The molecule has 0 spiro atoms. The molecule has 0 aliphatic heterocycles.